The Morgan fingerprint density at radius 1 is 1.08 bits per heavy atom. The van der Waals surface area contributed by atoms with Crippen LogP contribution in [0.5, 0.6) is 0 Å². The molecule has 7 heteroatoms. The maximum atomic E-state index is 11.9. The first-order valence-corrected chi connectivity index (χ1v) is 8.89. The molecule has 0 fully saturated rings. The van der Waals surface area contributed by atoms with Gasteiger partial charge in [-0.15, -0.1) is 6.54 Å². The van der Waals surface area contributed by atoms with Gasteiger partial charge < -0.3 is 21.1 Å². The average Bonchev–Trinajstić information content (AvgIpc) is 2.61. The van der Waals surface area contributed by atoms with Gasteiger partial charge in [-0.3, -0.25) is 9.59 Å². The van der Waals surface area contributed by atoms with E-state index in [0.29, 0.717) is 44.2 Å². The first-order valence-electron chi connectivity index (χ1n) is 8.89. The minimum absolute atomic E-state index is 0. The summed E-state index contributed by atoms with van der Waals surface area (Å²) in [6.07, 6.45) is 2.45. The number of hydrogen-bond acceptors (Lipinski definition) is 3. The summed E-state index contributed by atoms with van der Waals surface area (Å²) < 4.78 is 5.37. The zero-order valence-electron chi connectivity index (χ0n) is 16.3. The second-order valence-electron chi connectivity index (χ2n) is 6.38. The van der Waals surface area contributed by atoms with Crippen LogP contribution in [0.15, 0.2) is 24.3 Å². The van der Waals surface area contributed by atoms with E-state index in [1.54, 1.807) is 24.3 Å². The van der Waals surface area contributed by atoms with Gasteiger partial charge >= 0.3 is 58.2 Å². The van der Waals surface area contributed by atoms with Crippen molar-refractivity contribution in [3.05, 3.63) is 41.1 Å². The average molecular weight is 434 g/mol. The van der Waals surface area contributed by atoms with Crippen molar-refractivity contribution in [3.8, 4) is 0 Å². The Labute approximate surface area is 205 Å². The molecule has 1 aromatic rings. The Morgan fingerprint density at radius 2 is 1.77 bits per heavy atom. The van der Waals surface area contributed by atoms with Gasteiger partial charge in [0.05, 0.1) is 13.2 Å². The maximum Gasteiger partial charge on any atom is 1.00 e. The fourth-order valence-corrected chi connectivity index (χ4v) is 2.21. The minimum Gasteiger partial charge on any atom is -0.674 e. The van der Waals surface area contributed by atoms with Gasteiger partial charge in [0.15, 0.2) is 0 Å². The molecule has 1 rings (SSSR count). The molecule has 0 bridgehead atoms. The first-order chi connectivity index (χ1) is 12.0. The largest absolute Gasteiger partial charge is 1.00 e. The number of ether oxygens (including phenoxy) is 1. The van der Waals surface area contributed by atoms with Gasteiger partial charge in [0.2, 0.25) is 5.91 Å². The number of carbonyl (C=O) groups excluding carboxylic acids is 2. The zero-order valence-corrected chi connectivity index (χ0v) is 21.2. The van der Waals surface area contributed by atoms with Gasteiger partial charge in [0.25, 0.3) is 5.91 Å². The van der Waals surface area contributed by atoms with Crippen molar-refractivity contribution in [3.63, 3.8) is 0 Å². The number of rotatable bonds is 12. The standard InChI is InChI=1S/C19H30N3O3.Rb/c1-15(2)4-3-10-21-18(23)9-12-25-13-11-22-19(24)17-7-5-16(14-20)6-8-17;/h5-8,15,20H,3-4,9-14H2,1-2H3,(H,21,23)(H,22,24);/q-1;+1. The molecule has 0 aliphatic carbocycles. The Hall–Kier alpha value is -0.115. The third-order valence-corrected chi connectivity index (χ3v) is 3.71. The summed E-state index contributed by atoms with van der Waals surface area (Å²) in [5.41, 5.74) is 8.69. The number of nitrogens with one attached hydrogen (secondary N) is 3. The molecule has 0 aliphatic heterocycles. The van der Waals surface area contributed by atoms with Crippen LogP contribution >= 0.6 is 0 Å². The van der Waals surface area contributed by atoms with E-state index < -0.39 is 0 Å². The van der Waals surface area contributed by atoms with E-state index in [0.717, 1.165) is 18.4 Å². The number of amides is 2. The molecule has 0 aliphatic rings. The molecule has 0 spiro atoms. The van der Waals surface area contributed by atoms with Crippen molar-refractivity contribution in [2.75, 3.05) is 26.3 Å². The van der Waals surface area contributed by atoms with Gasteiger partial charge in [-0.1, -0.05) is 31.5 Å². The van der Waals surface area contributed by atoms with Gasteiger partial charge in [0, 0.05) is 25.1 Å². The van der Waals surface area contributed by atoms with Crippen LogP contribution in [0.1, 0.15) is 49.0 Å². The van der Waals surface area contributed by atoms with Crippen molar-refractivity contribution in [1.82, 2.24) is 10.6 Å². The van der Waals surface area contributed by atoms with Crippen LogP contribution in [-0.4, -0.2) is 38.1 Å². The molecule has 26 heavy (non-hydrogen) atoms. The van der Waals surface area contributed by atoms with Gasteiger partial charge in [0.1, 0.15) is 0 Å². The molecule has 0 aromatic heterocycles. The normalized spacial score (nSPS) is 10.3. The predicted molar refractivity (Wildman–Crippen MR) is 99.3 cm³/mol. The van der Waals surface area contributed by atoms with Gasteiger partial charge in [-0.25, -0.2) is 0 Å². The molecule has 0 unspecified atom stereocenters. The van der Waals surface area contributed by atoms with E-state index in [1.807, 2.05) is 0 Å². The number of hydrogen-bond donors (Lipinski definition) is 2. The maximum absolute atomic E-state index is 11.9. The Morgan fingerprint density at radius 3 is 2.38 bits per heavy atom. The van der Waals surface area contributed by atoms with Crippen LogP contribution < -0.4 is 68.8 Å². The van der Waals surface area contributed by atoms with Gasteiger partial charge in [-0.2, -0.15) is 0 Å². The molecule has 3 N–H and O–H groups in total. The quantitative estimate of drug-likeness (QED) is 0.452. The molecule has 0 heterocycles. The van der Waals surface area contributed by atoms with Crippen LogP contribution in [0.2, 0.25) is 0 Å². The van der Waals surface area contributed by atoms with E-state index in [4.69, 9.17) is 10.5 Å². The molecule has 6 nitrogen and oxygen atoms in total. The summed E-state index contributed by atoms with van der Waals surface area (Å²) >= 11 is 0. The van der Waals surface area contributed by atoms with Crippen LogP contribution in [0.3, 0.4) is 0 Å². The summed E-state index contributed by atoms with van der Waals surface area (Å²) in [6.45, 7) is 6.38. The van der Waals surface area contributed by atoms with E-state index in [9.17, 15) is 9.59 Å². The summed E-state index contributed by atoms with van der Waals surface area (Å²) in [7, 11) is 0. The van der Waals surface area contributed by atoms with Crippen LogP contribution in [0, 0.1) is 5.92 Å². The third-order valence-electron chi connectivity index (χ3n) is 3.71. The Kier molecular flexibility index (Phi) is 15.8. The second kappa shape index (κ2) is 15.9. The van der Waals surface area contributed by atoms with E-state index in [1.165, 1.54) is 0 Å². The van der Waals surface area contributed by atoms with Crippen LogP contribution in [0.25, 0.3) is 5.73 Å². The Balaban J connectivity index is 0.00000625. The molecule has 0 saturated carbocycles. The number of carbonyl (C=O) groups is 2. The van der Waals surface area contributed by atoms with Crippen molar-refractivity contribution in [2.24, 2.45) is 5.92 Å². The molecule has 1 aromatic carbocycles. The predicted octanol–water partition coefficient (Wildman–Crippen LogP) is -0.0683. The summed E-state index contributed by atoms with van der Waals surface area (Å²) in [5, 5.41) is 5.64. The smallest absolute Gasteiger partial charge is 0.674 e. The summed E-state index contributed by atoms with van der Waals surface area (Å²) in [6, 6.07) is 6.98. The molecule has 140 valence electrons. The van der Waals surface area contributed by atoms with Crippen LogP contribution in [-0.2, 0) is 16.1 Å². The van der Waals surface area contributed by atoms with Crippen LogP contribution in [0.4, 0.5) is 0 Å². The van der Waals surface area contributed by atoms with E-state index in [-0.39, 0.29) is 76.5 Å². The second-order valence-corrected chi connectivity index (χ2v) is 6.38. The molecule has 0 radical (unpaired) electrons. The Bertz CT molecular complexity index is 521. The van der Waals surface area contributed by atoms with E-state index in [2.05, 4.69) is 24.5 Å². The van der Waals surface area contributed by atoms with Crippen molar-refractivity contribution in [1.29, 1.82) is 0 Å². The summed E-state index contributed by atoms with van der Waals surface area (Å²) in [5.74, 6) is 0.497. The molecule has 0 saturated heterocycles. The summed E-state index contributed by atoms with van der Waals surface area (Å²) in [4.78, 5) is 23.5. The van der Waals surface area contributed by atoms with Crippen molar-refractivity contribution >= 4 is 11.8 Å². The number of benzene rings is 1. The first kappa shape index (κ1) is 25.9. The molecular formula is C19H30N3O3Rb. The minimum atomic E-state index is -0.164. The fourth-order valence-electron chi connectivity index (χ4n) is 2.21. The third kappa shape index (κ3) is 12.3. The van der Waals surface area contributed by atoms with Gasteiger partial charge in [-0.05, 0) is 30.9 Å². The monoisotopic (exact) mass is 433 g/mol. The SMILES string of the molecule is CC(C)CCCNC(=O)CCOCCNC(=O)c1ccc(C[NH-])cc1.[Rb+]. The molecular weight excluding hydrogens is 404 g/mol. The van der Waals surface area contributed by atoms with Crippen molar-refractivity contribution < 1.29 is 72.5 Å². The molecule has 2 amide bonds. The fraction of sp³-hybridized carbons (Fsp3) is 0.579. The molecule has 0 atom stereocenters. The zero-order chi connectivity index (χ0) is 18.5. The van der Waals surface area contributed by atoms with E-state index >= 15 is 0 Å². The topological polar surface area (TPSA) is 91.2 Å². The van der Waals surface area contributed by atoms with Crippen molar-refractivity contribution in [2.45, 2.75) is 39.7 Å².